The van der Waals surface area contributed by atoms with Gasteiger partial charge in [-0.1, -0.05) is 18.9 Å². The van der Waals surface area contributed by atoms with Gasteiger partial charge in [0.05, 0.1) is 11.0 Å². The molecular formula is C15H21N3. The van der Waals surface area contributed by atoms with Gasteiger partial charge in [-0.2, -0.15) is 0 Å². The second-order valence-electron chi connectivity index (χ2n) is 5.83. The lowest BCUT2D eigenvalue weighted by molar-refractivity contribution is 0.422. The fraction of sp³-hybridized carbons (Fsp3) is 0.533. The van der Waals surface area contributed by atoms with Crippen molar-refractivity contribution in [2.75, 3.05) is 0 Å². The fourth-order valence-corrected chi connectivity index (χ4v) is 3.09. The quantitative estimate of drug-likeness (QED) is 0.881. The average Bonchev–Trinajstić information content (AvgIpc) is 2.85. The topological polar surface area (TPSA) is 43.8 Å². The van der Waals surface area contributed by atoms with Gasteiger partial charge in [0, 0.05) is 19.0 Å². The number of imidazole rings is 1. The summed E-state index contributed by atoms with van der Waals surface area (Å²) in [7, 11) is 2.10. The van der Waals surface area contributed by atoms with E-state index in [4.69, 9.17) is 10.7 Å². The highest BCUT2D eigenvalue weighted by Gasteiger charge is 2.31. The molecule has 3 rings (SSSR count). The molecule has 1 fully saturated rings. The first-order chi connectivity index (χ1) is 8.57. The molecule has 0 radical (unpaired) electrons. The van der Waals surface area contributed by atoms with E-state index in [1.807, 2.05) is 0 Å². The SMILES string of the molecule is Cc1ccc2c(c1)nc(CC1(N)CCCC1)n2C. The zero-order valence-electron chi connectivity index (χ0n) is 11.2. The largest absolute Gasteiger partial charge is 0.331 e. The third-order valence-corrected chi connectivity index (χ3v) is 4.24. The van der Waals surface area contributed by atoms with Gasteiger partial charge in [0.1, 0.15) is 5.82 Å². The minimum absolute atomic E-state index is 0.0236. The lowest BCUT2D eigenvalue weighted by Crippen LogP contribution is -2.39. The summed E-state index contributed by atoms with van der Waals surface area (Å²) in [6.07, 6.45) is 5.70. The molecule has 0 atom stereocenters. The molecule has 2 aromatic rings. The van der Waals surface area contributed by atoms with Gasteiger partial charge < -0.3 is 10.3 Å². The molecule has 0 saturated heterocycles. The summed E-state index contributed by atoms with van der Waals surface area (Å²) in [6, 6.07) is 6.44. The first-order valence-corrected chi connectivity index (χ1v) is 6.78. The van der Waals surface area contributed by atoms with Crippen molar-refractivity contribution < 1.29 is 0 Å². The zero-order valence-corrected chi connectivity index (χ0v) is 11.2. The lowest BCUT2D eigenvalue weighted by atomic mass is 9.94. The molecule has 1 aromatic heterocycles. The number of nitrogens with zero attached hydrogens (tertiary/aromatic N) is 2. The molecule has 0 amide bonds. The molecule has 0 unspecified atom stereocenters. The second kappa shape index (κ2) is 4.09. The highest BCUT2D eigenvalue weighted by molar-refractivity contribution is 5.76. The van der Waals surface area contributed by atoms with Crippen LogP contribution in [-0.2, 0) is 13.5 Å². The molecule has 0 bridgehead atoms. The van der Waals surface area contributed by atoms with Crippen molar-refractivity contribution in [2.24, 2.45) is 12.8 Å². The van der Waals surface area contributed by atoms with E-state index in [0.717, 1.165) is 30.6 Å². The predicted molar refractivity (Wildman–Crippen MR) is 74.5 cm³/mol. The molecule has 1 aliphatic rings. The molecule has 96 valence electrons. The van der Waals surface area contributed by atoms with E-state index in [2.05, 4.69) is 36.7 Å². The third-order valence-electron chi connectivity index (χ3n) is 4.24. The van der Waals surface area contributed by atoms with Crippen LogP contribution in [0.15, 0.2) is 18.2 Å². The Morgan fingerprint density at radius 3 is 2.78 bits per heavy atom. The molecule has 3 nitrogen and oxygen atoms in total. The van der Waals surface area contributed by atoms with Gasteiger partial charge in [-0.3, -0.25) is 0 Å². The van der Waals surface area contributed by atoms with Gasteiger partial charge in [-0.15, -0.1) is 0 Å². The van der Waals surface area contributed by atoms with Crippen molar-refractivity contribution in [3.8, 4) is 0 Å². The van der Waals surface area contributed by atoms with E-state index in [1.54, 1.807) is 0 Å². The Kier molecular flexibility index (Phi) is 2.67. The first-order valence-electron chi connectivity index (χ1n) is 6.78. The van der Waals surface area contributed by atoms with Crippen LogP contribution in [-0.4, -0.2) is 15.1 Å². The van der Waals surface area contributed by atoms with Gasteiger partial charge in [0.2, 0.25) is 0 Å². The second-order valence-corrected chi connectivity index (χ2v) is 5.83. The first kappa shape index (κ1) is 11.7. The number of aromatic nitrogens is 2. The summed E-state index contributed by atoms with van der Waals surface area (Å²) in [5, 5.41) is 0. The number of nitrogens with two attached hydrogens (primary N) is 1. The summed E-state index contributed by atoms with van der Waals surface area (Å²) in [5.41, 5.74) is 9.99. The van der Waals surface area contributed by atoms with E-state index < -0.39 is 0 Å². The number of benzene rings is 1. The summed E-state index contributed by atoms with van der Waals surface area (Å²) in [6.45, 7) is 2.11. The van der Waals surface area contributed by atoms with Crippen molar-refractivity contribution in [1.82, 2.24) is 9.55 Å². The molecular weight excluding hydrogens is 222 g/mol. The summed E-state index contributed by atoms with van der Waals surface area (Å²) >= 11 is 0. The summed E-state index contributed by atoms with van der Waals surface area (Å²) < 4.78 is 2.20. The fourth-order valence-electron chi connectivity index (χ4n) is 3.09. The normalized spacial score (nSPS) is 18.6. The number of aryl methyl sites for hydroxylation is 2. The monoisotopic (exact) mass is 243 g/mol. The van der Waals surface area contributed by atoms with Gasteiger partial charge in [0.25, 0.3) is 0 Å². The Morgan fingerprint density at radius 2 is 2.06 bits per heavy atom. The molecule has 0 spiro atoms. The highest BCUT2D eigenvalue weighted by atomic mass is 15.1. The average molecular weight is 243 g/mol. The molecule has 1 aliphatic carbocycles. The van der Waals surface area contributed by atoms with Crippen LogP contribution in [0.25, 0.3) is 11.0 Å². The Balaban J connectivity index is 1.99. The molecule has 0 aliphatic heterocycles. The van der Waals surface area contributed by atoms with Crippen LogP contribution in [0, 0.1) is 6.92 Å². The third kappa shape index (κ3) is 1.93. The van der Waals surface area contributed by atoms with Crippen LogP contribution in [0.3, 0.4) is 0 Å². The Hall–Kier alpha value is -1.35. The standard InChI is InChI=1S/C15H21N3/c1-11-5-6-13-12(9-11)17-14(18(13)2)10-15(16)7-3-4-8-15/h5-6,9H,3-4,7-8,10,16H2,1-2H3. The predicted octanol–water partition coefficient (Wildman–Crippen LogP) is 2.70. The minimum atomic E-state index is -0.0236. The van der Waals surface area contributed by atoms with Crippen molar-refractivity contribution in [1.29, 1.82) is 0 Å². The van der Waals surface area contributed by atoms with Crippen LogP contribution < -0.4 is 5.73 Å². The van der Waals surface area contributed by atoms with Gasteiger partial charge in [-0.05, 0) is 37.5 Å². The Labute approximate surface area is 108 Å². The van der Waals surface area contributed by atoms with Crippen LogP contribution >= 0.6 is 0 Å². The Morgan fingerprint density at radius 1 is 1.33 bits per heavy atom. The number of rotatable bonds is 2. The molecule has 18 heavy (non-hydrogen) atoms. The summed E-state index contributed by atoms with van der Waals surface area (Å²) in [5.74, 6) is 1.13. The Bertz CT molecular complexity index is 577. The van der Waals surface area contributed by atoms with Crippen LogP contribution in [0.2, 0.25) is 0 Å². The van der Waals surface area contributed by atoms with E-state index in [-0.39, 0.29) is 5.54 Å². The van der Waals surface area contributed by atoms with Crippen LogP contribution in [0.5, 0.6) is 0 Å². The van der Waals surface area contributed by atoms with Crippen LogP contribution in [0.1, 0.15) is 37.1 Å². The van der Waals surface area contributed by atoms with Crippen LogP contribution in [0.4, 0.5) is 0 Å². The smallest absolute Gasteiger partial charge is 0.111 e. The van der Waals surface area contributed by atoms with Crippen molar-refractivity contribution >= 4 is 11.0 Å². The van der Waals surface area contributed by atoms with Crippen molar-refractivity contribution in [3.05, 3.63) is 29.6 Å². The maximum Gasteiger partial charge on any atom is 0.111 e. The molecule has 1 saturated carbocycles. The van der Waals surface area contributed by atoms with Crippen molar-refractivity contribution in [3.63, 3.8) is 0 Å². The number of hydrogen-bond acceptors (Lipinski definition) is 2. The molecule has 2 N–H and O–H groups in total. The van der Waals surface area contributed by atoms with Gasteiger partial charge in [-0.25, -0.2) is 4.98 Å². The molecule has 3 heteroatoms. The van der Waals surface area contributed by atoms with E-state index in [9.17, 15) is 0 Å². The zero-order chi connectivity index (χ0) is 12.8. The summed E-state index contributed by atoms with van der Waals surface area (Å²) in [4.78, 5) is 4.76. The maximum absolute atomic E-state index is 6.46. The number of hydrogen-bond donors (Lipinski definition) is 1. The minimum Gasteiger partial charge on any atom is -0.331 e. The van der Waals surface area contributed by atoms with Crippen molar-refractivity contribution in [2.45, 2.75) is 44.6 Å². The lowest BCUT2D eigenvalue weighted by Gasteiger charge is -2.22. The number of fused-ring (bicyclic) bond motifs is 1. The molecule has 1 aromatic carbocycles. The van der Waals surface area contributed by atoms with Gasteiger partial charge >= 0.3 is 0 Å². The van der Waals surface area contributed by atoms with E-state index in [1.165, 1.54) is 23.9 Å². The van der Waals surface area contributed by atoms with E-state index in [0.29, 0.717) is 0 Å². The van der Waals surface area contributed by atoms with E-state index >= 15 is 0 Å². The molecule has 1 heterocycles. The highest BCUT2D eigenvalue weighted by Crippen LogP contribution is 2.30. The maximum atomic E-state index is 6.46. The van der Waals surface area contributed by atoms with Gasteiger partial charge in [0.15, 0.2) is 0 Å².